The number of hydrogen-bond donors (Lipinski definition) is 1. The largest absolute Gasteiger partial charge is 1.00 e. The number of ketones is 1. The summed E-state index contributed by atoms with van der Waals surface area (Å²) in [6.07, 6.45) is 31.2. The Kier molecular flexibility index (Phi) is 40.9. The molecule has 0 spiro atoms. The summed E-state index contributed by atoms with van der Waals surface area (Å²) in [5, 5.41) is -2.17. The molecule has 44 heavy (non-hydrogen) atoms. The number of Topliss-reactive ketones (excluding diaryl/α,β-unsaturated/α-hetero) is 1. The third kappa shape index (κ3) is 32.7. The molecule has 0 saturated heterocycles. The molecular weight excluding hydrogens is 598 g/mol. The third-order valence-electron chi connectivity index (χ3n) is 7.60. The van der Waals surface area contributed by atoms with E-state index in [0.29, 0.717) is 13.0 Å². The number of ether oxygens (including phenoxy) is 2. The molecule has 0 aromatic heterocycles. The molecular formula is C34H66Na2O7S. The summed E-state index contributed by atoms with van der Waals surface area (Å²) in [4.78, 5) is 24.7. The minimum atomic E-state index is -4.88. The van der Waals surface area contributed by atoms with Gasteiger partial charge in [-0.15, -0.1) is 0 Å². The Labute approximate surface area is 318 Å². The summed E-state index contributed by atoms with van der Waals surface area (Å²) in [7, 11) is -4.88. The summed E-state index contributed by atoms with van der Waals surface area (Å²) in [6.45, 7) is 4.99. The second-order valence-electron chi connectivity index (χ2n) is 11.7. The van der Waals surface area contributed by atoms with Crippen molar-refractivity contribution in [3.8, 4) is 0 Å². The standard InChI is InChI=1S/C34H64O7S.2Na.2H/c1-3-5-7-9-11-13-15-16-17-18-19-20-22-24-26-28-32(35)33(42(37,38)39)34(36)41-31-30-40-29-27-25-23-21-14-12-10-8-6-4-2;;;;/h16-17,33H,3-15,18-31H2,1-2H3,(H,37,38,39);;;;/q;2*+1;2*-1/b17-16-;;;;. The second-order valence-corrected chi connectivity index (χ2v) is 13.2. The van der Waals surface area contributed by atoms with E-state index in [2.05, 4.69) is 26.0 Å². The molecule has 0 fully saturated rings. The maximum absolute atomic E-state index is 12.4. The van der Waals surface area contributed by atoms with Crippen molar-refractivity contribution in [3.05, 3.63) is 12.2 Å². The van der Waals surface area contributed by atoms with Crippen LogP contribution in [0.25, 0.3) is 0 Å². The molecule has 1 atom stereocenters. The van der Waals surface area contributed by atoms with Crippen molar-refractivity contribution >= 4 is 21.9 Å². The van der Waals surface area contributed by atoms with Crippen molar-refractivity contribution < 1.29 is 94.0 Å². The van der Waals surface area contributed by atoms with Crippen LogP contribution in [-0.2, 0) is 29.2 Å². The summed E-state index contributed by atoms with van der Waals surface area (Å²) < 4.78 is 43.3. The molecule has 0 heterocycles. The zero-order valence-corrected chi connectivity index (χ0v) is 33.9. The van der Waals surface area contributed by atoms with Gasteiger partial charge in [-0.3, -0.25) is 14.1 Å². The van der Waals surface area contributed by atoms with Crippen LogP contribution in [0, 0.1) is 0 Å². The van der Waals surface area contributed by atoms with Crippen molar-refractivity contribution in [2.24, 2.45) is 0 Å². The minimum absolute atomic E-state index is 0. The van der Waals surface area contributed by atoms with Gasteiger partial charge in [0.25, 0.3) is 10.1 Å². The zero-order valence-electron chi connectivity index (χ0n) is 31.1. The van der Waals surface area contributed by atoms with Gasteiger partial charge in [-0.1, -0.05) is 135 Å². The molecule has 0 amide bonds. The Hall–Kier alpha value is 0.750. The van der Waals surface area contributed by atoms with E-state index in [4.69, 9.17) is 9.47 Å². The second kappa shape index (κ2) is 36.6. The van der Waals surface area contributed by atoms with Crippen LogP contribution >= 0.6 is 0 Å². The summed E-state index contributed by atoms with van der Waals surface area (Å²) in [5.41, 5.74) is 0. The van der Waals surface area contributed by atoms with Crippen molar-refractivity contribution in [3.63, 3.8) is 0 Å². The van der Waals surface area contributed by atoms with Crippen LogP contribution in [0.4, 0.5) is 0 Å². The molecule has 252 valence electrons. The molecule has 0 aromatic rings. The number of carbonyl (C=O) groups excluding carboxylic acids is 2. The number of allylic oxidation sites excluding steroid dienone is 2. The Bertz CT molecular complexity index is 787. The van der Waals surface area contributed by atoms with Crippen LogP contribution in [0.1, 0.15) is 171 Å². The van der Waals surface area contributed by atoms with Gasteiger partial charge in [0, 0.05) is 13.0 Å². The van der Waals surface area contributed by atoms with Gasteiger partial charge in [-0.05, 0) is 38.5 Å². The molecule has 7 nitrogen and oxygen atoms in total. The number of hydrogen-bond acceptors (Lipinski definition) is 6. The van der Waals surface area contributed by atoms with Gasteiger partial charge < -0.3 is 12.3 Å². The maximum Gasteiger partial charge on any atom is 1.00 e. The summed E-state index contributed by atoms with van der Waals surface area (Å²) in [5.74, 6) is -2.04. The molecule has 0 rings (SSSR count). The molecule has 0 aromatic carbocycles. The molecule has 10 heteroatoms. The average Bonchev–Trinajstić information content (AvgIpc) is 2.94. The Morgan fingerprint density at radius 2 is 1.02 bits per heavy atom. The maximum atomic E-state index is 12.4. The van der Waals surface area contributed by atoms with E-state index in [1.54, 1.807) is 0 Å². The van der Waals surface area contributed by atoms with Crippen LogP contribution in [0.5, 0.6) is 0 Å². The van der Waals surface area contributed by atoms with Crippen LogP contribution in [0.3, 0.4) is 0 Å². The van der Waals surface area contributed by atoms with E-state index in [-0.39, 0.29) is 81.6 Å². The van der Waals surface area contributed by atoms with Gasteiger partial charge in [0.1, 0.15) is 6.61 Å². The fraction of sp³-hybridized carbons (Fsp3) is 0.882. The van der Waals surface area contributed by atoms with E-state index >= 15 is 0 Å². The summed E-state index contributed by atoms with van der Waals surface area (Å²) in [6, 6.07) is 0. The SMILES string of the molecule is CCCCCCCC/C=C\CCCCCCCC(=O)C(C(=O)OCCOCCCCCCCCCCCC)S(=O)(=O)O.[H-].[H-].[Na+].[Na+]. The predicted octanol–water partition coefficient (Wildman–Crippen LogP) is 3.56. The molecule has 0 aliphatic rings. The topological polar surface area (TPSA) is 107 Å². The smallest absolute Gasteiger partial charge is 1.00 e. The summed E-state index contributed by atoms with van der Waals surface area (Å²) >= 11 is 0. The van der Waals surface area contributed by atoms with Gasteiger partial charge in [0.05, 0.1) is 6.61 Å². The van der Waals surface area contributed by atoms with Crippen LogP contribution in [0.15, 0.2) is 12.2 Å². The van der Waals surface area contributed by atoms with Crippen LogP contribution in [0.2, 0.25) is 0 Å². The monoisotopic (exact) mass is 664 g/mol. The van der Waals surface area contributed by atoms with Gasteiger partial charge in [-0.2, -0.15) is 8.42 Å². The number of unbranched alkanes of at least 4 members (excludes halogenated alkanes) is 20. The average molecular weight is 665 g/mol. The van der Waals surface area contributed by atoms with Gasteiger partial charge in [0.15, 0.2) is 5.78 Å². The first-order valence-electron chi connectivity index (χ1n) is 17.2. The first-order valence-corrected chi connectivity index (χ1v) is 18.7. The first kappa shape index (κ1) is 49.1. The quantitative estimate of drug-likeness (QED) is 0.0293. The van der Waals surface area contributed by atoms with Gasteiger partial charge >= 0.3 is 65.1 Å². The molecule has 0 saturated carbocycles. The normalized spacial score (nSPS) is 12.1. The first-order chi connectivity index (χ1) is 20.3. The molecule has 1 unspecified atom stereocenters. The van der Waals surface area contributed by atoms with Crippen molar-refractivity contribution in [2.45, 2.75) is 173 Å². The number of carbonyl (C=O) groups is 2. The van der Waals surface area contributed by atoms with Crippen molar-refractivity contribution in [2.75, 3.05) is 19.8 Å². The van der Waals surface area contributed by atoms with Crippen molar-refractivity contribution in [1.29, 1.82) is 0 Å². The van der Waals surface area contributed by atoms with E-state index in [9.17, 15) is 22.6 Å². The fourth-order valence-corrected chi connectivity index (χ4v) is 5.75. The molecule has 0 aliphatic carbocycles. The Balaban J connectivity index is -0.00000140. The molecule has 0 bridgehead atoms. The number of rotatable bonds is 32. The van der Waals surface area contributed by atoms with E-state index in [1.165, 1.54) is 89.9 Å². The Morgan fingerprint density at radius 1 is 0.614 bits per heavy atom. The molecule has 0 radical (unpaired) electrons. The van der Waals surface area contributed by atoms with Gasteiger partial charge in [-0.25, -0.2) is 0 Å². The van der Waals surface area contributed by atoms with E-state index in [0.717, 1.165) is 51.4 Å². The van der Waals surface area contributed by atoms with Crippen LogP contribution in [-0.4, -0.2) is 49.8 Å². The van der Waals surface area contributed by atoms with E-state index in [1.807, 2.05) is 0 Å². The van der Waals surface area contributed by atoms with Gasteiger partial charge in [0.2, 0.25) is 5.25 Å². The molecule has 1 N–H and O–H groups in total. The fourth-order valence-electron chi connectivity index (χ4n) is 4.99. The predicted molar refractivity (Wildman–Crippen MR) is 176 cm³/mol. The third-order valence-corrected chi connectivity index (χ3v) is 8.65. The minimum Gasteiger partial charge on any atom is -1.00 e. The van der Waals surface area contributed by atoms with Crippen LogP contribution < -0.4 is 59.1 Å². The zero-order chi connectivity index (χ0) is 31.2. The van der Waals surface area contributed by atoms with Crippen molar-refractivity contribution in [1.82, 2.24) is 0 Å². The Morgan fingerprint density at radius 3 is 1.48 bits per heavy atom. The van der Waals surface area contributed by atoms with E-state index < -0.39 is 27.1 Å². The number of esters is 1. The molecule has 0 aliphatic heterocycles.